The Balaban J connectivity index is 0.000000342. The molecule has 0 atom stereocenters. The smallest absolute Gasteiger partial charge is 0.311 e. The second-order valence-electron chi connectivity index (χ2n) is 3.10. The molecule has 108 valence electrons. The molecule has 0 spiro atoms. The first-order valence-corrected chi connectivity index (χ1v) is 7.51. The van der Waals surface area contributed by atoms with E-state index < -0.39 is 32.9 Å². The molecule has 0 amide bonds. The van der Waals surface area contributed by atoms with Crippen molar-refractivity contribution in [3.05, 3.63) is 24.3 Å². The van der Waals surface area contributed by atoms with E-state index in [-0.39, 0.29) is 0 Å². The Morgan fingerprint density at radius 2 is 1.95 bits per heavy atom. The van der Waals surface area contributed by atoms with Crippen LogP contribution in [0.5, 0.6) is 5.75 Å². The third-order valence-electron chi connectivity index (χ3n) is 1.68. The second kappa shape index (κ2) is 8.45. The lowest BCUT2D eigenvalue weighted by Gasteiger charge is -2.00. The molecule has 10 heteroatoms. The molecular formula is C9H14N2O6S2. The third kappa shape index (κ3) is 10.00. The molecule has 0 saturated heterocycles. The van der Waals surface area contributed by atoms with E-state index in [9.17, 15) is 16.8 Å². The van der Waals surface area contributed by atoms with E-state index >= 15 is 0 Å². The minimum atomic E-state index is -4.09. The second-order valence-corrected chi connectivity index (χ2v) is 5.36. The number of nitrogen functional groups attached to an aromatic ring is 1. The Bertz CT molecular complexity index is 616. The summed E-state index contributed by atoms with van der Waals surface area (Å²) in [6, 6.07) is 7.39. The minimum absolute atomic E-state index is 0.436. The van der Waals surface area contributed by atoms with Crippen molar-refractivity contribution in [2.45, 2.75) is 0 Å². The van der Waals surface area contributed by atoms with Crippen LogP contribution in [0.1, 0.15) is 0 Å². The first-order valence-electron chi connectivity index (χ1n) is 4.87. The van der Waals surface area contributed by atoms with Crippen molar-refractivity contribution in [1.29, 1.82) is 0 Å². The quantitative estimate of drug-likeness (QED) is 0.599. The van der Waals surface area contributed by atoms with Crippen LogP contribution in [0.3, 0.4) is 0 Å². The molecule has 0 saturated carbocycles. The molecule has 0 fully saturated rings. The van der Waals surface area contributed by atoms with E-state index in [0.717, 1.165) is 5.75 Å². The molecule has 0 aliphatic rings. The van der Waals surface area contributed by atoms with Crippen LogP contribution in [0.25, 0.3) is 0 Å². The summed E-state index contributed by atoms with van der Waals surface area (Å²) in [4.78, 5) is 0. The lowest BCUT2D eigenvalue weighted by atomic mass is 10.3. The Hall–Kier alpha value is -1.65. The number of hydrogen-bond acceptors (Lipinski definition) is 7. The van der Waals surface area contributed by atoms with E-state index in [1.54, 1.807) is 13.2 Å². The van der Waals surface area contributed by atoms with Gasteiger partial charge in [-0.3, -0.25) is 4.55 Å². The fourth-order valence-corrected chi connectivity index (χ4v) is 1.57. The molecule has 3 N–H and O–H groups in total. The maximum absolute atomic E-state index is 9.91. The molecule has 0 aliphatic carbocycles. The van der Waals surface area contributed by atoms with Gasteiger partial charge in [-0.1, -0.05) is 12.1 Å². The van der Waals surface area contributed by atoms with E-state index in [0.29, 0.717) is 5.69 Å². The summed E-state index contributed by atoms with van der Waals surface area (Å²) in [5, 5.41) is 0. The van der Waals surface area contributed by atoms with Crippen molar-refractivity contribution in [3.8, 4) is 5.75 Å². The fourth-order valence-electron chi connectivity index (χ4n) is 0.894. The zero-order valence-electron chi connectivity index (χ0n) is 10.1. The number of hydrogen-bond donors (Lipinski definition) is 2. The average molecular weight is 310 g/mol. The number of nitrogens with two attached hydrogens (primary N) is 1. The zero-order chi connectivity index (χ0) is 14.9. The number of nitrogens with zero attached hydrogens (tertiary/aromatic N) is 1. The largest absolute Gasteiger partial charge is 0.495 e. The lowest BCUT2D eigenvalue weighted by molar-refractivity contribution is 0.417. The fraction of sp³-hybridized carbons (Fsp3) is 0.333. The van der Waals surface area contributed by atoms with Gasteiger partial charge in [-0.05, 0) is 12.1 Å². The first-order chi connectivity index (χ1) is 8.76. The van der Waals surface area contributed by atoms with Crippen LogP contribution >= 0.6 is 0 Å². The van der Waals surface area contributed by atoms with Crippen LogP contribution in [0.4, 0.5) is 5.69 Å². The van der Waals surface area contributed by atoms with E-state index in [1.165, 1.54) is 0 Å². The summed E-state index contributed by atoms with van der Waals surface area (Å²) in [6.45, 7) is -0.436. The molecule has 0 aliphatic heterocycles. The lowest BCUT2D eigenvalue weighted by Crippen LogP contribution is -2.06. The zero-order valence-corrected chi connectivity index (χ0v) is 11.7. The van der Waals surface area contributed by atoms with Gasteiger partial charge in [-0.2, -0.15) is 21.2 Å². The van der Waals surface area contributed by atoms with Gasteiger partial charge in [-0.15, -0.1) is 0 Å². The Morgan fingerprint density at radius 3 is 2.32 bits per heavy atom. The summed E-state index contributed by atoms with van der Waals surface area (Å²) < 4.78 is 54.8. The highest BCUT2D eigenvalue weighted by molar-refractivity contribution is 7.85. The molecule has 0 heterocycles. The minimum Gasteiger partial charge on any atom is -0.495 e. The molecule has 19 heavy (non-hydrogen) atoms. The van der Waals surface area contributed by atoms with Crippen LogP contribution in [-0.4, -0.2) is 40.8 Å². The number of para-hydroxylation sites is 2. The summed E-state index contributed by atoms with van der Waals surface area (Å²) in [6.07, 6.45) is 0. The van der Waals surface area contributed by atoms with Crippen molar-refractivity contribution >= 4 is 26.3 Å². The number of anilines is 1. The standard InChI is InChI=1S/C7H9NO.C2H5NO5S2/c1-9-7-5-3-2-4-6(7)8;4-9(5)3-1-2-10(6,7)8/h2-5H,8H2,1H3;1-2H2,(H,6,7,8). The summed E-state index contributed by atoms with van der Waals surface area (Å²) in [5.74, 6) is 0.0681. The Morgan fingerprint density at radius 1 is 1.37 bits per heavy atom. The van der Waals surface area contributed by atoms with Crippen molar-refractivity contribution in [2.75, 3.05) is 25.1 Å². The van der Waals surface area contributed by atoms with Gasteiger partial charge in [0.2, 0.25) is 0 Å². The molecule has 0 aromatic heterocycles. The number of methoxy groups -OCH3 is 1. The topological polar surface area (TPSA) is 136 Å². The molecule has 0 radical (unpaired) electrons. The van der Waals surface area contributed by atoms with Crippen molar-refractivity contribution < 1.29 is 26.1 Å². The van der Waals surface area contributed by atoms with Crippen molar-refractivity contribution in [2.24, 2.45) is 4.36 Å². The van der Waals surface area contributed by atoms with Crippen LogP contribution in [0, 0.1) is 0 Å². The van der Waals surface area contributed by atoms with Crippen LogP contribution in [0.2, 0.25) is 0 Å². The summed E-state index contributed by atoms with van der Waals surface area (Å²) in [7, 11) is -5.08. The van der Waals surface area contributed by atoms with Gasteiger partial charge in [0.15, 0.2) is 0 Å². The molecule has 0 bridgehead atoms. The SMILES string of the molecule is COc1ccccc1N.O=S(=O)=NCCS(=O)(=O)O. The van der Waals surface area contributed by atoms with Gasteiger partial charge in [0.05, 0.1) is 25.1 Å². The molecular weight excluding hydrogens is 296 g/mol. The van der Waals surface area contributed by atoms with E-state index in [4.69, 9.17) is 15.0 Å². The maximum Gasteiger partial charge on any atom is 0.311 e. The van der Waals surface area contributed by atoms with Gasteiger partial charge in [0.1, 0.15) is 5.75 Å². The number of benzene rings is 1. The van der Waals surface area contributed by atoms with Crippen molar-refractivity contribution in [1.82, 2.24) is 0 Å². The van der Waals surface area contributed by atoms with E-state index in [1.807, 2.05) is 18.2 Å². The van der Waals surface area contributed by atoms with Gasteiger partial charge >= 0.3 is 10.5 Å². The van der Waals surface area contributed by atoms with Gasteiger partial charge < -0.3 is 10.5 Å². The monoisotopic (exact) mass is 310 g/mol. The third-order valence-corrected chi connectivity index (χ3v) is 2.78. The highest BCUT2D eigenvalue weighted by Crippen LogP contribution is 2.18. The maximum atomic E-state index is 9.91. The summed E-state index contributed by atoms with van der Waals surface area (Å²) in [5.41, 5.74) is 6.19. The molecule has 0 unspecified atom stereocenters. The van der Waals surface area contributed by atoms with Crippen LogP contribution < -0.4 is 10.5 Å². The van der Waals surface area contributed by atoms with Crippen LogP contribution in [0.15, 0.2) is 28.6 Å². The molecule has 1 aromatic carbocycles. The van der Waals surface area contributed by atoms with Crippen molar-refractivity contribution in [3.63, 3.8) is 0 Å². The van der Waals surface area contributed by atoms with E-state index in [2.05, 4.69) is 4.36 Å². The molecule has 1 rings (SSSR count). The Kier molecular flexibility index (Phi) is 7.72. The normalized spacial score (nSPS) is 10.0. The number of ether oxygens (including phenoxy) is 1. The molecule has 1 aromatic rings. The number of rotatable bonds is 4. The highest BCUT2D eigenvalue weighted by Gasteiger charge is 2.01. The van der Waals surface area contributed by atoms with Gasteiger partial charge in [0, 0.05) is 0 Å². The summed E-state index contributed by atoms with van der Waals surface area (Å²) >= 11 is 0. The van der Waals surface area contributed by atoms with Crippen LogP contribution in [-0.2, 0) is 20.6 Å². The average Bonchev–Trinajstić information content (AvgIpc) is 2.28. The predicted molar refractivity (Wildman–Crippen MR) is 70.0 cm³/mol. The van der Waals surface area contributed by atoms with Gasteiger partial charge in [0.25, 0.3) is 10.1 Å². The Labute approximate surface area is 112 Å². The highest BCUT2D eigenvalue weighted by atomic mass is 32.2. The van der Waals surface area contributed by atoms with Gasteiger partial charge in [-0.25, -0.2) is 0 Å². The first kappa shape index (κ1) is 17.4. The predicted octanol–water partition coefficient (Wildman–Crippen LogP) is 0.214. The molecule has 8 nitrogen and oxygen atoms in total.